The average molecular weight is 429 g/mol. The second-order valence-corrected chi connectivity index (χ2v) is 8.38. The van der Waals surface area contributed by atoms with E-state index in [9.17, 15) is 15.2 Å². The zero-order valence-corrected chi connectivity index (χ0v) is 18.3. The first kappa shape index (κ1) is 21.8. The summed E-state index contributed by atoms with van der Waals surface area (Å²) in [7, 11) is 0. The van der Waals surface area contributed by atoms with Crippen LogP contribution in [0.25, 0.3) is 22.4 Å². The molecule has 0 spiro atoms. The summed E-state index contributed by atoms with van der Waals surface area (Å²) in [5.41, 5.74) is 12.1. The molecular weight excluding hydrogens is 400 g/mol. The lowest BCUT2D eigenvalue weighted by atomic mass is 9.99. The zero-order valence-electron chi connectivity index (χ0n) is 18.3. The maximum atomic E-state index is 13.5. The van der Waals surface area contributed by atoms with E-state index in [1.807, 2.05) is 58.9 Å². The molecule has 3 aromatic rings. The van der Waals surface area contributed by atoms with Gasteiger partial charge in [0.15, 0.2) is 0 Å². The standard InChI is InChI=1S/C26H28N4O2/c1-18-4-8-21(9-5-18)25-23(20-10-6-19(16-27)7-11-20)15-24(30(25)13-14-31)26(32)29-12-2-3-22(28)17-29/h4-11,15,22,31H,2-3,12-14,17,28H2,1H3/t22-/m1/s1. The van der Waals surface area contributed by atoms with Gasteiger partial charge in [0.25, 0.3) is 5.91 Å². The van der Waals surface area contributed by atoms with Crippen molar-refractivity contribution in [2.45, 2.75) is 32.4 Å². The molecule has 0 unspecified atom stereocenters. The molecule has 1 aromatic heterocycles. The summed E-state index contributed by atoms with van der Waals surface area (Å²) < 4.78 is 1.92. The number of amides is 1. The van der Waals surface area contributed by atoms with Gasteiger partial charge in [0.05, 0.1) is 23.9 Å². The van der Waals surface area contributed by atoms with Gasteiger partial charge in [0, 0.05) is 31.2 Å². The van der Waals surface area contributed by atoms with Gasteiger partial charge in [-0.1, -0.05) is 42.0 Å². The van der Waals surface area contributed by atoms with Crippen molar-refractivity contribution in [1.82, 2.24) is 9.47 Å². The highest BCUT2D eigenvalue weighted by Gasteiger charge is 2.28. The van der Waals surface area contributed by atoms with Crippen LogP contribution in [0, 0.1) is 18.3 Å². The highest BCUT2D eigenvalue weighted by Crippen LogP contribution is 2.36. The molecule has 1 atom stereocenters. The minimum atomic E-state index is -0.0832. The Hall–Kier alpha value is -3.40. The third kappa shape index (κ3) is 4.31. The largest absolute Gasteiger partial charge is 0.395 e. The Morgan fingerprint density at radius 1 is 1.16 bits per heavy atom. The molecule has 1 amide bonds. The van der Waals surface area contributed by atoms with E-state index >= 15 is 0 Å². The number of hydrogen-bond acceptors (Lipinski definition) is 4. The first-order valence-corrected chi connectivity index (χ1v) is 11.0. The Morgan fingerprint density at radius 2 is 1.84 bits per heavy atom. The van der Waals surface area contributed by atoms with Crippen molar-refractivity contribution >= 4 is 5.91 Å². The molecule has 1 aliphatic rings. The fraction of sp³-hybridized carbons (Fsp3) is 0.308. The molecule has 2 aromatic carbocycles. The smallest absolute Gasteiger partial charge is 0.270 e. The fourth-order valence-corrected chi connectivity index (χ4v) is 4.38. The number of piperidine rings is 1. The summed E-state index contributed by atoms with van der Waals surface area (Å²) in [4.78, 5) is 15.4. The number of benzene rings is 2. The fourth-order valence-electron chi connectivity index (χ4n) is 4.38. The van der Waals surface area contributed by atoms with Gasteiger partial charge in [-0.15, -0.1) is 0 Å². The van der Waals surface area contributed by atoms with Crippen LogP contribution in [0.4, 0.5) is 0 Å². The summed E-state index contributed by atoms with van der Waals surface area (Å²) in [6.45, 7) is 3.48. The van der Waals surface area contributed by atoms with Gasteiger partial charge in [0.2, 0.25) is 0 Å². The summed E-state index contributed by atoms with van der Waals surface area (Å²) >= 11 is 0. The van der Waals surface area contributed by atoms with E-state index in [0.717, 1.165) is 40.8 Å². The topological polar surface area (TPSA) is 95.3 Å². The maximum absolute atomic E-state index is 13.5. The summed E-state index contributed by atoms with van der Waals surface area (Å²) in [6, 6.07) is 19.6. The lowest BCUT2D eigenvalue weighted by molar-refractivity contribution is 0.0697. The van der Waals surface area contributed by atoms with Crippen molar-refractivity contribution in [3.8, 4) is 28.5 Å². The lowest BCUT2D eigenvalue weighted by Gasteiger charge is -2.31. The number of aryl methyl sites for hydroxylation is 1. The highest BCUT2D eigenvalue weighted by atomic mass is 16.3. The van der Waals surface area contributed by atoms with Crippen molar-refractivity contribution in [1.29, 1.82) is 5.26 Å². The number of likely N-dealkylation sites (tertiary alicyclic amines) is 1. The number of nitriles is 1. The van der Waals surface area contributed by atoms with Crippen molar-refractivity contribution in [2.24, 2.45) is 5.73 Å². The Balaban J connectivity index is 1.89. The number of hydrogen-bond donors (Lipinski definition) is 2. The van der Waals surface area contributed by atoms with Gasteiger partial charge in [0.1, 0.15) is 5.69 Å². The first-order valence-electron chi connectivity index (χ1n) is 11.0. The van der Waals surface area contributed by atoms with Crippen LogP contribution in [0.2, 0.25) is 0 Å². The number of carbonyl (C=O) groups excluding carboxylic acids is 1. The average Bonchev–Trinajstić information content (AvgIpc) is 3.18. The molecule has 2 heterocycles. The summed E-state index contributed by atoms with van der Waals surface area (Å²) in [5.74, 6) is -0.0677. The van der Waals surface area contributed by atoms with Gasteiger partial charge < -0.3 is 20.3 Å². The van der Waals surface area contributed by atoms with Crippen LogP contribution in [0.1, 0.15) is 34.5 Å². The van der Waals surface area contributed by atoms with E-state index < -0.39 is 0 Å². The van der Waals surface area contributed by atoms with E-state index in [2.05, 4.69) is 6.07 Å². The molecule has 1 fully saturated rings. The minimum absolute atomic E-state index is 0.0106. The molecular formula is C26H28N4O2. The quantitative estimate of drug-likeness (QED) is 0.650. The Bertz CT molecular complexity index is 1140. The maximum Gasteiger partial charge on any atom is 0.270 e. The molecule has 0 bridgehead atoms. The van der Waals surface area contributed by atoms with Gasteiger partial charge in [-0.25, -0.2) is 0 Å². The van der Waals surface area contributed by atoms with Gasteiger partial charge in [-0.2, -0.15) is 5.26 Å². The van der Waals surface area contributed by atoms with E-state index in [0.29, 0.717) is 30.9 Å². The van der Waals surface area contributed by atoms with Gasteiger partial charge in [-0.3, -0.25) is 4.79 Å². The van der Waals surface area contributed by atoms with Crippen LogP contribution in [0.15, 0.2) is 54.6 Å². The molecule has 164 valence electrons. The second kappa shape index (κ2) is 9.39. The van der Waals surface area contributed by atoms with E-state index in [1.54, 1.807) is 12.1 Å². The molecule has 6 heteroatoms. The van der Waals surface area contributed by atoms with Crippen LogP contribution in [-0.2, 0) is 6.54 Å². The monoisotopic (exact) mass is 428 g/mol. The normalized spacial score (nSPS) is 16.1. The number of nitrogens with zero attached hydrogens (tertiary/aromatic N) is 3. The van der Waals surface area contributed by atoms with Crippen molar-refractivity contribution in [2.75, 3.05) is 19.7 Å². The zero-order chi connectivity index (χ0) is 22.7. The number of aliphatic hydroxyl groups is 1. The van der Waals surface area contributed by atoms with E-state index in [1.165, 1.54) is 0 Å². The van der Waals surface area contributed by atoms with Crippen LogP contribution in [0.3, 0.4) is 0 Å². The Morgan fingerprint density at radius 3 is 2.47 bits per heavy atom. The number of rotatable bonds is 5. The SMILES string of the molecule is Cc1ccc(-c2c(-c3ccc(C#N)cc3)cc(C(=O)N3CCC[C@@H](N)C3)n2CCO)cc1. The van der Waals surface area contributed by atoms with Gasteiger partial charge >= 0.3 is 0 Å². The Labute approximate surface area is 188 Å². The molecule has 0 aliphatic carbocycles. The van der Waals surface area contributed by atoms with Crippen LogP contribution >= 0.6 is 0 Å². The van der Waals surface area contributed by atoms with Crippen molar-refractivity contribution < 1.29 is 9.90 Å². The highest BCUT2D eigenvalue weighted by molar-refractivity contribution is 5.98. The molecule has 0 saturated carbocycles. The predicted octanol–water partition coefficient (Wildman–Crippen LogP) is 3.56. The lowest BCUT2D eigenvalue weighted by Crippen LogP contribution is -2.46. The van der Waals surface area contributed by atoms with E-state index in [4.69, 9.17) is 5.73 Å². The van der Waals surface area contributed by atoms with Crippen molar-refractivity contribution in [3.63, 3.8) is 0 Å². The molecule has 6 nitrogen and oxygen atoms in total. The molecule has 3 N–H and O–H groups in total. The van der Waals surface area contributed by atoms with Crippen molar-refractivity contribution in [3.05, 3.63) is 71.4 Å². The number of nitrogens with two attached hydrogens (primary N) is 1. The van der Waals surface area contributed by atoms with Crippen LogP contribution in [0.5, 0.6) is 0 Å². The van der Waals surface area contributed by atoms with E-state index in [-0.39, 0.29) is 18.6 Å². The molecule has 0 radical (unpaired) electrons. The summed E-state index contributed by atoms with van der Waals surface area (Å²) in [6.07, 6.45) is 1.81. The Kier molecular flexibility index (Phi) is 6.40. The molecule has 1 saturated heterocycles. The van der Waals surface area contributed by atoms with Crippen LogP contribution in [-0.4, -0.2) is 46.2 Å². The molecule has 4 rings (SSSR count). The third-order valence-corrected chi connectivity index (χ3v) is 6.03. The minimum Gasteiger partial charge on any atom is -0.395 e. The molecule has 32 heavy (non-hydrogen) atoms. The molecule has 1 aliphatic heterocycles. The van der Waals surface area contributed by atoms with Crippen LogP contribution < -0.4 is 5.73 Å². The second-order valence-electron chi connectivity index (χ2n) is 8.38. The number of aromatic nitrogens is 1. The number of carbonyl (C=O) groups is 1. The predicted molar refractivity (Wildman–Crippen MR) is 125 cm³/mol. The first-order chi connectivity index (χ1) is 15.5. The number of aliphatic hydroxyl groups excluding tert-OH is 1. The third-order valence-electron chi connectivity index (χ3n) is 6.03. The van der Waals surface area contributed by atoms with Gasteiger partial charge in [-0.05, 0) is 49.1 Å². The summed E-state index contributed by atoms with van der Waals surface area (Å²) in [5, 5.41) is 19.0.